The van der Waals surface area contributed by atoms with E-state index in [1.807, 2.05) is 31.2 Å². The summed E-state index contributed by atoms with van der Waals surface area (Å²) in [5.74, 6) is -0.634. The van der Waals surface area contributed by atoms with Crippen molar-refractivity contribution in [2.24, 2.45) is 0 Å². The van der Waals surface area contributed by atoms with E-state index in [2.05, 4.69) is 10.3 Å². The number of carbonyl (C=O) groups excluding carboxylic acids is 1. The fraction of sp³-hybridized carbons (Fsp3) is 0.238. The Bertz CT molecular complexity index is 1010. The van der Waals surface area contributed by atoms with Crippen LogP contribution in [-0.4, -0.2) is 46.6 Å². The van der Waals surface area contributed by atoms with Gasteiger partial charge in [0, 0.05) is 17.0 Å². The molecule has 0 radical (unpaired) electrons. The number of carboxylic acids is 1. The second-order valence-corrected chi connectivity index (χ2v) is 6.67. The number of ketones is 1. The van der Waals surface area contributed by atoms with Crippen molar-refractivity contribution >= 4 is 22.7 Å². The zero-order chi connectivity index (χ0) is 20.3. The van der Waals surface area contributed by atoms with Crippen molar-refractivity contribution in [1.82, 2.24) is 10.3 Å². The maximum absolute atomic E-state index is 12.7. The highest BCUT2D eigenvalue weighted by atomic mass is 16.5. The second-order valence-electron chi connectivity index (χ2n) is 6.67. The number of phenols is 1. The molecule has 0 bridgehead atoms. The lowest BCUT2D eigenvalue weighted by molar-refractivity contribution is 0.0691. The van der Waals surface area contributed by atoms with E-state index in [-0.39, 0.29) is 35.3 Å². The smallest absolute Gasteiger partial charge is 0.352 e. The Morgan fingerprint density at radius 1 is 1.18 bits per heavy atom. The third-order valence-electron chi connectivity index (χ3n) is 4.61. The zero-order valence-electron chi connectivity index (χ0n) is 15.7. The van der Waals surface area contributed by atoms with Gasteiger partial charge >= 0.3 is 5.97 Å². The summed E-state index contributed by atoms with van der Waals surface area (Å²) in [5, 5.41) is 22.7. The van der Waals surface area contributed by atoms with Gasteiger partial charge in [0.15, 0.2) is 5.78 Å². The Hall–Kier alpha value is -3.32. The Labute approximate surface area is 162 Å². The Morgan fingerprint density at radius 3 is 2.54 bits per heavy atom. The summed E-state index contributed by atoms with van der Waals surface area (Å²) in [5.41, 5.74) is 1.65. The van der Waals surface area contributed by atoms with Crippen LogP contribution >= 0.6 is 0 Å². The lowest BCUT2D eigenvalue weighted by Crippen LogP contribution is -2.33. The van der Waals surface area contributed by atoms with E-state index in [4.69, 9.17) is 9.84 Å². The van der Waals surface area contributed by atoms with Gasteiger partial charge in [-0.3, -0.25) is 4.79 Å². The number of aromatic hydroxyl groups is 1. The number of carboxylic acid groups (broad SMARTS) is 1. The molecule has 1 unspecified atom stereocenters. The fourth-order valence-electron chi connectivity index (χ4n) is 3.11. The summed E-state index contributed by atoms with van der Waals surface area (Å²) in [6.45, 7) is 2.09. The van der Waals surface area contributed by atoms with Gasteiger partial charge in [-0.15, -0.1) is 0 Å². The molecule has 4 N–H and O–H groups in total. The third-order valence-corrected chi connectivity index (χ3v) is 4.61. The van der Waals surface area contributed by atoms with Crippen molar-refractivity contribution in [2.45, 2.75) is 19.4 Å². The third kappa shape index (κ3) is 4.15. The van der Waals surface area contributed by atoms with Gasteiger partial charge in [-0.2, -0.15) is 0 Å². The Morgan fingerprint density at radius 2 is 1.89 bits per heavy atom. The maximum atomic E-state index is 12.7. The number of Topliss-reactive ketones (excluding diaryl/α,β-unsaturated/α-hetero) is 1. The first kappa shape index (κ1) is 19.4. The molecule has 7 heteroatoms. The molecule has 7 nitrogen and oxygen atoms in total. The first-order valence-corrected chi connectivity index (χ1v) is 8.86. The highest BCUT2D eigenvalue weighted by molar-refractivity contribution is 6.11. The number of hydrogen-bond donors (Lipinski definition) is 4. The number of aromatic amines is 1. The van der Waals surface area contributed by atoms with E-state index in [1.54, 1.807) is 7.11 Å². The van der Waals surface area contributed by atoms with E-state index in [0.29, 0.717) is 10.9 Å². The van der Waals surface area contributed by atoms with Gasteiger partial charge in [0.25, 0.3) is 0 Å². The number of aromatic nitrogens is 1. The van der Waals surface area contributed by atoms with Crippen LogP contribution in [0.2, 0.25) is 0 Å². The van der Waals surface area contributed by atoms with Crippen LogP contribution < -0.4 is 10.1 Å². The number of nitrogens with one attached hydrogen (secondary N) is 2. The number of aromatic carboxylic acids is 1. The van der Waals surface area contributed by atoms with Gasteiger partial charge in [0.05, 0.1) is 19.2 Å². The van der Waals surface area contributed by atoms with E-state index >= 15 is 0 Å². The minimum atomic E-state index is -1.15. The van der Waals surface area contributed by atoms with Crippen molar-refractivity contribution in [2.75, 3.05) is 13.7 Å². The lowest BCUT2D eigenvalue weighted by atomic mass is 10.0. The first-order chi connectivity index (χ1) is 13.4. The summed E-state index contributed by atoms with van der Waals surface area (Å²) in [6.07, 6.45) is 0.746. The molecule has 2 aromatic carbocycles. The molecule has 3 rings (SSSR count). The molecule has 146 valence electrons. The number of H-pyrrole nitrogens is 1. The van der Waals surface area contributed by atoms with Gasteiger partial charge in [-0.25, -0.2) is 4.79 Å². The van der Waals surface area contributed by atoms with E-state index < -0.39 is 5.97 Å². The van der Waals surface area contributed by atoms with Crippen LogP contribution in [0.3, 0.4) is 0 Å². The molecule has 0 aliphatic heterocycles. The molecular formula is C21H22N2O5. The average Bonchev–Trinajstić information content (AvgIpc) is 3.14. The molecule has 0 amide bonds. The van der Waals surface area contributed by atoms with E-state index in [1.165, 1.54) is 18.2 Å². The van der Waals surface area contributed by atoms with Crippen molar-refractivity contribution in [3.05, 3.63) is 59.3 Å². The fourth-order valence-corrected chi connectivity index (χ4v) is 3.11. The van der Waals surface area contributed by atoms with E-state index in [9.17, 15) is 14.7 Å². The monoisotopic (exact) mass is 382 g/mol. The predicted octanol–water partition coefficient (Wildman–Crippen LogP) is 2.98. The van der Waals surface area contributed by atoms with Crippen molar-refractivity contribution in [3.63, 3.8) is 0 Å². The van der Waals surface area contributed by atoms with Crippen LogP contribution in [0, 0.1) is 0 Å². The topological polar surface area (TPSA) is 112 Å². The van der Waals surface area contributed by atoms with Crippen LogP contribution in [0.5, 0.6) is 11.5 Å². The maximum Gasteiger partial charge on any atom is 0.352 e. The molecule has 1 heterocycles. The second kappa shape index (κ2) is 8.14. The molecule has 1 atom stereocenters. The molecule has 3 aromatic rings. The summed E-state index contributed by atoms with van der Waals surface area (Å²) < 4.78 is 5.14. The first-order valence-electron chi connectivity index (χ1n) is 8.86. The summed E-state index contributed by atoms with van der Waals surface area (Å²) >= 11 is 0. The molecular weight excluding hydrogens is 360 g/mol. The minimum absolute atomic E-state index is 0.0609. The van der Waals surface area contributed by atoms with E-state index in [0.717, 1.165) is 17.7 Å². The molecule has 28 heavy (non-hydrogen) atoms. The standard InChI is InChI=1S/C21H22N2O5/c1-12(9-13-3-5-14(28-2)6-4-13)22-11-19(25)15-7-8-18(24)20-16(15)10-17(23-20)21(26)27/h3-8,10,12,22-24H,9,11H2,1-2H3,(H,26,27). The van der Waals surface area contributed by atoms with Gasteiger partial charge in [0.1, 0.15) is 17.2 Å². The van der Waals surface area contributed by atoms with Crippen LogP contribution in [0.25, 0.3) is 10.9 Å². The Balaban J connectivity index is 1.68. The number of benzene rings is 2. The SMILES string of the molecule is COc1ccc(CC(C)NCC(=O)c2ccc(O)c3[nH]c(C(=O)O)cc23)cc1. The largest absolute Gasteiger partial charge is 0.506 e. The molecule has 1 aromatic heterocycles. The predicted molar refractivity (Wildman–Crippen MR) is 105 cm³/mol. The summed E-state index contributed by atoms with van der Waals surface area (Å²) in [4.78, 5) is 26.5. The number of carbonyl (C=O) groups is 2. The van der Waals surface area contributed by atoms with Gasteiger partial charge < -0.3 is 25.3 Å². The van der Waals surface area contributed by atoms with Crippen LogP contribution in [0.1, 0.15) is 33.3 Å². The van der Waals surface area contributed by atoms with Crippen LogP contribution in [-0.2, 0) is 6.42 Å². The number of fused-ring (bicyclic) bond motifs is 1. The zero-order valence-corrected chi connectivity index (χ0v) is 15.7. The quantitative estimate of drug-likeness (QED) is 0.446. The average molecular weight is 382 g/mol. The number of ether oxygens (including phenoxy) is 1. The van der Waals surface area contributed by atoms with Crippen molar-refractivity contribution in [3.8, 4) is 11.5 Å². The molecule has 0 aliphatic carbocycles. The van der Waals surface area contributed by atoms with Gasteiger partial charge in [0.2, 0.25) is 0 Å². The highest BCUT2D eigenvalue weighted by Gasteiger charge is 2.17. The number of phenolic OH excluding ortho intramolecular Hbond substituents is 1. The van der Waals surface area contributed by atoms with Crippen LogP contribution in [0.4, 0.5) is 0 Å². The summed E-state index contributed by atoms with van der Waals surface area (Å²) in [6, 6.07) is 12.1. The van der Waals surface area contributed by atoms with Crippen molar-refractivity contribution in [1.29, 1.82) is 0 Å². The molecule has 0 fully saturated rings. The molecule has 0 spiro atoms. The number of hydrogen-bond acceptors (Lipinski definition) is 5. The Kier molecular flexibility index (Phi) is 5.65. The minimum Gasteiger partial charge on any atom is -0.506 e. The van der Waals surface area contributed by atoms with Gasteiger partial charge in [-0.1, -0.05) is 12.1 Å². The summed E-state index contributed by atoms with van der Waals surface area (Å²) in [7, 11) is 1.62. The molecule has 0 saturated heterocycles. The van der Waals surface area contributed by atoms with Gasteiger partial charge in [-0.05, 0) is 49.2 Å². The normalized spacial score (nSPS) is 12.1. The number of rotatable bonds is 8. The lowest BCUT2D eigenvalue weighted by Gasteiger charge is -2.14. The van der Waals surface area contributed by atoms with Crippen molar-refractivity contribution < 1.29 is 24.5 Å². The highest BCUT2D eigenvalue weighted by Crippen LogP contribution is 2.28. The number of methoxy groups -OCH3 is 1. The molecule has 0 aliphatic rings. The van der Waals surface area contributed by atoms with Crippen LogP contribution in [0.15, 0.2) is 42.5 Å². The molecule has 0 saturated carbocycles.